The van der Waals surface area contributed by atoms with Gasteiger partial charge in [-0.25, -0.2) is 0 Å². The normalized spacial score (nSPS) is 29.6. The van der Waals surface area contributed by atoms with Crippen molar-refractivity contribution in [1.29, 1.82) is 0 Å². The van der Waals surface area contributed by atoms with E-state index in [9.17, 15) is 9.90 Å². The lowest BCUT2D eigenvalue weighted by atomic mass is 9.55. The third-order valence-corrected chi connectivity index (χ3v) is 5.07. The molecule has 2 heteroatoms. The van der Waals surface area contributed by atoms with Crippen LogP contribution in [-0.2, 0) is 4.79 Å². The average molecular weight is 264 g/mol. The van der Waals surface area contributed by atoms with Crippen molar-refractivity contribution in [2.75, 3.05) is 0 Å². The molecule has 100 valence electrons. The van der Waals surface area contributed by atoms with Crippen LogP contribution in [0.25, 0.3) is 0 Å². The Morgan fingerprint density at radius 2 is 1.25 bits per heavy atom. The molecule has 0 aromatic heterocycles. The highest BCUT2D eigenvalue weighted by atomic mass is 16.4. The molecular formula is C18H16O2. The molecule has 0 saturated carbocycles. The predicted octanol–water partition coefficient (Wildman–Crippen LogP) is 3.61. The van der Waals surface area contributed by atoms with Crippen LogP contribution >= 0.6 is 0 Å². The van der Waals surface area contributed by atoms with Gasteiger partial charge in [-0.2, -0.15) is 0 Å². The van der Waals surface area contributed by atoms with Gasteiger partial charge in [-0.05, 0) is 28.2 Å². The molecule has 0 fully saturated rings. The highest BCUT2D eigenvalue weighted by Crippen LogP contribution is 2.57. The summed E-state index contributed by atoms with van der Waals surface area (Å²) in [6, 6.07) is 16.7. The Bertz CT molecular complexity index is 657. The molecule has 0 amide bonds. The zero-order valence-corrected chi connectivity index (χ0v) is 11.3. The summed E-state index contributed by atoms with van der Waals surface area (Å²) in [6.45, 7) is 2.09. The number of hydrogen-bond acceptors (Lipinski definition) is 1. The van der Waals surface area contributed by atoms with Crippen LogP contribution in [0.1, 0.15) is 41.0 Å². The fourth-order valence-electron chi connectivity index (χ4n) is 4.32. The molecule has 0 heterocycles. The molecule has 2 aromatic carbocycles. The summed E-state index contributed by atoms with van der Waals surface area (Å²) in [5, 5.41) is 9.68. The lowest BCUT2D eigenvalue weighted by molar-refractivity contribution is -0.145. The standard InChI is InChI=1S/C18H16O2/c1-10-15-11-6-2-4-8-13(11)17(16(10)18(19)20)14-9-5-3-7-12(14)15/h2-10,15-17H,1H3,(H,19,20)/t10-,15?,16+,17?/m1/s1. The lowest BCUT2D eigenvalue weighted by Crippen LogP contribution is -2.42. The Morgan fingerprint density at radius 1 is 0.850 bits per heavy atom. The van der Waals surface area contributed by atoms with E-state index in [2.05, 4.69) is 43.3 Å². The molecule has 3 aliphatic rings. The van der Waals surface area contributed by atoms with Crippen molar-refractivity contribution in [3.8, 4) is 0 Å². The fourth-order valence-corrected chi connectivity index (χ4v) is 4.32. The molecule has 5 rings (SSSR count). The van der Waals surface area contributed by atoms with E-state index < -0.39 is 5.97 Å². The Balaban J connectivity index is 2.04. The predicted molar refractivity (Wildman–Crippen MR) is 76.9 cm³/mol. The molecule has 20 heavy (non-hydrogen) atoms. The van der Waals surface area contributed by atoms with Crippen molar-refractivity contribution in [2.24, 2.45) is 11.8 Å². The fraction of sp³-hybridized carbons (Fsp3) is 0.278. The summed E-state index contributed by atoms with van der Waals surface area (Å²) in [5.74, 6) is -0.628. The Kier molecular flexibility index (Phi) is 2.31. The third-order valence-electron chi connectivity index (χ3n) is 5.07. The van der Waals surface area contributed by atoms with Crippen LogP contribution in [0, 0.1) is 11.8 Å². The molecule has 0 spiro atoms. The second-order valence-electron chi connectivity index (χ2n) is 5.94. The van der Waals surface area contributed by atoms with Crippen LogP contribution in [0.3, 0.4) is 0 Å². The van der Waals surface area contributed by atoms with Crippen molar-refractivity contribution in [3.05, 3.63) is 70.8 Å². The Labute approximate surface area is 118 Å². The molecular weight excluding hydrogens is 248 g/mol. The van der Waals surface area contributed by atoms with E-state index in [-0.39, 0.29) is 23.7 Å². The first-order valence-corrected chi connectivity index (χ1v) is 7.10. The highest BCUT2D eigenvalue weighted by molar-refractivity contribution is 5.76. The van der Waals surface area contributed by atoms with E-state index >= 15 is 0 Å². The summed E-state index contributed by atoms with van der Waals surface area (Å²) < 4.78 is 0. The highest BCUT2D eigenvalue weighted by Gasteiger charge is 2.50. The molecule has 1 N–H and O–H groups in total. The maximum atomic E-state index is 11.8. The van der Waals surface area contributed by atoms with Crippen LogP contribution in [0.4, 0.5) is 0 Å². The SMILES string of the molecule is C[C@@H]1C2c3ccccc3C(c3ccccc32)[C@H]1C(=O)O. The van der Waals surface area contributed by atoms with Gasteiger partial charge in [0, 0.05) is 11.8 Å². The number of aliphatic carboxylic acids is 1. The average Bonchev–Trinajstić information content (AvgIpc) is 2.47. The van der Waals surface area contributed by atoms with Crippen LogP contribution in [0.15, 0.2) is 48.5 Å². The number of hydrogen-bond donors (Lipinski definition) is 1. The summed E-state index contributed by atoms with van der Waals surface area (Å²) in [6.07, 6.45) is 0. The van der Waals surface area contributed by atoms with Gasteiger partial charge in [-0.1, -0.05) is 55.5 Å². The van der Waals surface area contributed by atoms with E-state index in [1.54, 1.807) is 0 Å². The lowest BCUT2D eigenvalue weighted by Gasteiger charge is -2.48. The van der Waals surface area contributed by atoms with Gasteiger partial charge in [-0.3, -0.25) is 4.79 Å². The summed E-state index contributed by atoms with van der Waals surface area (Å²) in [4.78, 5) is 11.8. The minimum atomic E-state index is -0.670. The second-order valence-corrected chi connectivity index (χ2v) is 5.94. The van der Waals surface area contributed by atoms with Crippen LogP contribution < -0.4 is 0 Å². The van der Waals surface area contributed by atoms with Gasteiger partial charge in [-0.15, -0.1) is 0 Å². The van der Waals surface area contributed by atoms with Crippen LogP contribution in [0.2, 0.25) is 0 Å². The van der Waals surface area contributed by atoms with E-state index in [1.165, 1.54) is 22.3 Å². The molecule has 2 aromatic rings. The minimum Gasteiger partial charge on any atom is -0.481 e. The summed E-state index contributed by atoms with van der Waals surface area (Å²) >= 11 is 0. The zero-order valence-electron chi connectivity index (χ0n) is 11.3. The minimum absolute atomic E-state index is 0.0000926. The molecule has 0 saturated heterocycles. The number of rotatable bonds is 1. The molecule has 2 atom stereocenters. The van der Waals surface area contributed by atoms with Gasteiger partial charge in [0.2, 0.25) is 0 Å². The summed E-state index contributed by atoms with van der Waals surface area (Å²) in [5.41, 5.74) is 5.06. The zero-order chi connectivity index (χ0) is 13.9. The Morgan fingerprint density at radius 3 is 1.65 bits per heavy atom. The maximum Gasteiger partial charge on any atom is 0.307 e. The molecule has 3 aliphatic carbocycles. The second kappa shape index (κ2) is 3.95. The van der Waals surface area contributed by atoms with Crippen LogP contribution in [-0.4, -0.2) is 11.1 Å². The largest absolute Gasteiger partial charge is 0.481 e. The first-order chi connectivity index (χ1) is 9.70. The van der Waals surface area contributed by atoms with Gasteiger partial charge in [0.25, 0.3) is 0 Å². The smallest absolute Gasteiger partial charge is 0.307 e. The monoisotopic (exact) mass is 264 g/mol. The van der Waals surface area contributed by atoms with Gasteiger partial charge in [0.1, 0.15) is 0 Å². The molecule has 0 aliphatic heterocycles. The van der Waals surface area contributed by atoms with Crippen molar-refractivity contribution >= 4 is 5.97 Å². The van der Waals surface area contributed by atoms with Gasteiger partial charge >= 0.3 is 5.97 Å². The quantitative estimate of drug-likeness (QED) is 0.854. The first kappa shape index (κ1) is 11.7. The van der Waals surface area contributed by atoms with Gasteiger partial charge in [0.05, 0.1) is 5.92 Å². The molecule has 2 bridgehead atoms. The van der Waals surface area contributed by atoms with Crippen molar-refractivity contribution in [1.82, 2.24) is 0 Å². The van der Waals surface area contributed by atoms with E-state index in [1.807, 2.05) is 12.1 Å². The number of fused-ring (bicyclic) bond motifs is 1. The number of carboxylic acids is 1. The third kappa shape index (κ3) is 1.31. The van der Waals surface area contributed by atoms with Crippen molar-refractivity contribution < 1.29 is 9.90 Å². The van der Waals surface area contributed by atoms with E-state index in [0.29, 0.717) is 0 Å². The molecule has 2 nitrogen and oxygen atoms in total. The van der Waals surface area contributed by atoms with Gasteiger partial charge < -0.3 is 5.11 Å². The molecule has 0 radical (unpaired) electrons. The van der Waals surface area contributed by atoms with E-state index in [4.69, 9.17) is 0 Å². The number of carboxylic acid groups (broad SMARTS) is 1. The number of benzene rings is 2. The number of carbonyl (C=O) groups is 1. The van der Waals surface area contributed by atoms with Gasteiger partial charge in [0.15, 0.2) is 0 Å². The Hall–Kier alpha value is -2.09. The van der Waals surface area contributed by atoms with E-state index in [0.717, 1.165) is 0 Å². The molecule has 0 unspecified atom stereocenters. The topological polar surface area (TPSA) is 37.3 Å². The maximum absolute atomic E-state index is 11.8. The van der Waals surface area contributed by atoms with Crippen molar-refractivity contribution in [3.63, 3.8) is 0 Å². The first-order valence-electron chi connectivity index (χ1n) is 7.10. The van der Waals surface area contributed by atoms with Crippen LogP contribution in [0.5, 0.6) is 0 Å². The van der Waals surface area contributed by atoms with Crippen molar-refractivity contribution in [2.45, 2.75) is 18.8 Å². The summed E-state index contributed by atoms with van der Waals surface area (Å²) in [7, 11) is 0.